The first-order chi connectivity index (χ1) is 12.7. The van der Waals surface area contributed by atoms with Crippen molar-refractivity contribution in [3.05, 3.63) is 59.2 Å². The Morgan fingerprint density at radius 1 is 1.12 bits per heavy atom. The quantitative estimate of drug-likeness (QED) is 0.465. The van der Waals surface area contributed by atoms with Crippen LogP contribution >= 0.6 is 0 Å². The van der Waals surface area contributed by atoms with Gasteiger partial charge in [0.25, 0.3) is 0 Å². The Morgan fingerprint density at radius 2 is 1.96 bits per heavy atom. The fourth-order valence-electron chi connectivity index (χ4n) is 3.25. The van der Waals surface area contributed by atoms with Gasteiger partial charge in [0, 0.05) is 24.9 Å². The van der Waals surface area contributed by atoms with Gasteiger partial charge >= 0.3 is 0 Å². The van der Waals surface area contributed by atoms with Crippen LogP contribution in [0.2, 0.25) is 0 Å². The molecular formula is C21H25N5. The van der Waals surface area contributed by atoms with E-state index in [-0.39, 0.29) is 0 Å². The van der Waals surface area contributed by atoms with E-state index in [4.69, 9.17) is 11.6 Å². The summed E-state index contributed by atoms with van der Waals surface area (Å²) in [5.74, 6) is 1.01. The normalized spacial score (nSPS) is 10.8. The summed E-state index contributed by atoms with van der Waals surface area (Å²) in [6.45, 7) is 12.6. The molecule has 26 heavy (non-hydrogen) atoms. The van der Waals surface area contributed by atoms with Crippen molar-refractivity contribution in [2.75, 3.05) is 18.4 Å². The largest absolute Gasteiger partial charge is 0.369 e. The number of nitrogens with one attached hydrogen (secondary N) is 1. The lowest BCUT2D eigenvalue weighted by molar-refractivity contribution is 0.677. The highest BCUT2D eigenvalue weighted by Crippen LogP contribution is 2.29. The molecule has 0 atom stereocenters. The molecule has 3 aromatic rings. The Kier molecular flexibility index (Phi) is 5.85. The van der Waals surface area contributed by atoms with E-state index in [2.05, 4.69) is 45.5 Å². The van der Waals surface area contributed by atoms with Crippen LogP contribution in [0.15, 0.2) is 36.5 Å². The molecule has 0 aliphatic carbocycles. The Bertz CT molecular complexity index is 906. The molecule has 3 heterocycles. The van der Waals surface area contributed by atoms with E-state index in [1.807, 2.05) is 18.2 Å². The van der Waals surface area contributed by atoms with E-state index in [9.17, 15) is 0 Å². The maximum Gasteiger partial charge on any atom is 0.214 e. The molecule has 0 radical (unpaired) electrons. The zero-order chi connectivity index (χ0) is 18.4. The van der Waals surface area contributed by atoms with Gasteiger partial charge in [-0.05, 0) is 56.5 Å². The van der Waals surface area contributed by atoms with Gasteiger partial charge in [0.1, 0.15) is 17.2 Å². The standard InChI is InChI=1S/C21H25N5/c1-16-14-17(2)26-19(15-16)25-20(18-10-6-9-12-23-18)21(26)24-13-8-5-4-7-11-22-3/h6,9-10,12,14-15,24H,4-5,7-8,11,13H2,1-2H3. The van der Waals surface area contributed by atoms with Crippen LogP contribution in [0.25, 0.3) is 21.9 Å². The van der Waals surface area contributed by atoms with Gasteiger partial charge in [0.15, 0.2) is 0 Å². The van der Waals surface area contributed by atoms with Gasteiger partial charge in [0.05, 0.1) is 5.69 Å². The van der Waals surface area contributed by atoms with E-state index in [0.29, 0.717) is 6.54 Å². The Morgan fingerprint density at radius 3 is 2.73 bits per heavy atom. The van der Waals surface area contributed by atoms with Crippen molar-refractivity contribution >= 4 is 11.5 Å². The molecule has 0 unspecified atom stereocenters. The minimum absolute atomic E-state index is 0.642. The van der Waals surface area contributed by atoms with Crippen molar-refractivity contribution < 1.29 is 0 Å². The number of aryl methyl sites for hydroxylation is 2. The average molecular weight is 347 g/mol. The van der Waals surface area contributed by atoms with E-state index in [1.54, 1.807) is 6.20 Å². The zero-order valence-electron chi connectivity index (χ0n) is 15.5. The van der Waals surface area contributed by atoms with Crippen LogP contribution in [0.4, 0.5) is 5.82 Å². The van der Waals surface area contributed by atoms with Gasteiger partial charge < -0.3 is 10.2 Å². The summed E-state index contributed by atoms with van der Waals surface area (Å²) in [6.07, 6.45) is 6.13. The molecule has 0 amide bonds. The van der Waals surface area contributed by atoms with Crippen molar-refractivity contribution in [1.29, 1.82) is 0 Å². The predicted octanol–water partition coefficient (Wildman–Crippen LogP) is 4.90. The average Bonchev–Trinajstić information content (AvgIpc) is 3.00. The molecule has 0 fully saturated rings. The zero-order valence-corrected chi connectivity index (χ0v) is 15.5. The minimum atomic E-state index is 0.642. The van der Waals surface area contributed by atoms with Crippen LogP contribution in [-0.4, -0.2) is 27.5 Å². The third-order valence-electron chi connectivity index (χ3n) is 4.45. The molecule has 3 aromatic heterocycles. The van der Waals surface area contributed by atoms with Gasteiger partial charge in [-0.1, -0.05) is 12.5 Å². The number of anilines is 1. The molecule has 0 aliphatic rings. The van der Waals surface area contributed by atoms with E-state index in [1.165, 1.54) is 5.56 Å². The maximum absolute atomic E-state index is 6.83. The van der Waals surface area contributed by atoms with Gasteiger partial charge in [-0.2, -0.15) is 0 Å². The van der Waals surface area contributed by atoms with Crippen LogP contribution < -0.4 is 5.32 Å². The smallest absolute Gasteiger partial charge is 0.214 e. The summed E-state index contributed by atoms with van der Waals surface area (Å²) in [6, 6.07) is 10.2. The van der Waals surface area contributed by atoms with E-state index in [0.717, 1.165) is 60.8 Å². The summed E-state index contributed by atoms with van der Waals surface area (Å²) >= 11 is 0. The second kappa shape index (κ2) is 8.48. The number of rotatable bonds is 8. The summed E-state index contributed by atoms with van der Waals surface area (Å²) < 4.78 is 2.18. The number of unbranched alkanes of at least 4 members (excludes halogenated alkanes) is 3. The lowest BCUT2D eigenvalue weighted by Crippen LogP contribution is -2.07. The lowest BCUT2D eigenvalue weighted by atomic mass is 10.2. The SMILES string of the molecule is [C-]#[N+]CCCCCCNc1c(-c2ccccn2)nc2cc(C)cc(C)n12. The summed E-state index contributed by atoms with van der Waals surface area (Å²) in [5, 5.41) is 3.59. The molecule has 0 aromatic carbocycles. The van der Waals surface area contributed by atoms with Crippen LogP contribution in [-0.2, 0) is 0 Å². The van der Waals surface area contributed by atoms with Gasteiger partial charge in [0.2, 0.25) is 6.54 Å². The number of nitrogens with zero attached hydrogens (tertiary/aromatic N) is 4. The monoisotopic (exact) mass is 347 g/mol. The first kappa shape index (κ1) is 17.9. The second-order valence-electron chi connectivity index (χ2n) is 6.61. The molecule has 1 N–H and O–H groups in total. The third kappa shape index (κ3) is 4.02. The van der Waals surface area contributed by atoms with Crippen molar-refractivity contribution in [1.82, 2.24) is 14.4 Å². The van der Waals surface area contributed by atoms with Crippen molar-refractivity contribution in [2.24, 2.45) is 0 Å². The van der Waals surface area contributed by atoms with Crippen LogP contribution in [0, 0.1) is 20.4 Å². The maximum atomic E-state index is 6.83. The van der Waals surface area contributed by atoms with E-state index >= 15 is 0 Å². The predicted molar refractivity (Wildman–Crippen MR) is 106 cm³/mol. The van der Waals surface area contributed by atoms with Crippen molar-refractivity contribution in [2.45, 2.75) is 39.5 Å². The van der Waals surface area contributed by atoms with E-state index < -0.39 is 0 Å². The molecule has 3 rings (SSSR count). The van der Waals surface area contributed by atoms with Crippen molar-refractivity contribution in [3.63, 3.8) is 0 Å². The highest BCUT2D eigenvalue weighted by molar-refractivity contribution is 5.75. The molecule has 0 saturated heterocycles. The summed E-state index contributed by atoms with van der Waals surface area (Å²) in [4.78, 5) is 12.7. The van der Waals surface area contributed by atoms with Gasteiger partial charge in [-0.15, -0.1) is 0 Å². The number of imidazole rings is 1. The number of pyridine rings is 2. The van der Waals surface area contributed by atoms with Crippen LogP contribution in [0.1, 0.15) is 36.9 Å². The highest BCUT2D eigenvalue weighted by atomic mass is 15.1. The van der Waals surface area contributed by atoms with Gasteiger partial charge in [-0.3, -0.25) is 9.38 Å². The summed E-state index contributed by atoms with van der Waals surface area (Å²) in [5.41, 5.74) is 5.09. The number of fused-ring (bicyclic) bond motifs is 1. The molecular weight excluding hydrogens is 322 g/mol. The number of hydrogen-bond donors (Lipinski definition) is 1. The molecule has 5 nitrogen and oxygen atoms in total. The highest BCUT2D eigenvalue weighted by Gasteiger charge is 2.16. The Labute approximate surface area is 154 Å². The van der Waals surface area contributed by atoms with Crippen LogP contribution in [0.5, 0.6) is 0 Å². The number of hydrogen-bond acceptors (Lipinski definition) is 3. The molecule has 0 bridgehead atoms. The minimum Gasteiger partial charge on any atom is -0.369 e. The fourth-order valence-corrected chi connectivity index (χ4v) is 3.25. The number of aromatic nitrogens is 3. The first-order valence-electron chi connectivity index (χ1n) is 9.19. The topological polar surface area (TPSA) is 46.6 Å². The second-order valence-corrected chi connectivity index (χ2v) is 6.61. The molecule has 0 aliphatic heterocycles. The molecule has 0 spiro atoms. The Balaban J connectivity index is 1.83. The molecule has 5 heteroatoms. The molecule has 134 valence electrons. The van der Waals surface area contributed by atoms with Crippen molar-refractivity contribution in [3.8, 4) is 11.4 Å². The lowest BCUT2D eigenvalue weighted by Gasteiger charge is -2.11. The Hall–Kier alpha value is -2.87. The third-order valence-corrected chi connectivity index (χ3v) is 4.45. The fraction of sp³-hybridized carbons (Fsp3) is 0.381. The molecule has 0 saturated carbocycles. The summed E-state index contributed by atoms with van der Waals surface area (Å²) in [7, 11) is 0. The van der Waals surface area contributed by atoms with Gasteiger partial charge in [-0.25, -0.2) is 11.6 Å². The first-order valence-corrected chi connectivity index (χ1v) is 9.19. The van der Waals surface area contributed by atoms with Crippen LogP contribution in [0.3, 0.4) is 0 Å².